The molecule has 133 valence electrons. The van der Waals surface area contributed by atoms with E-state index >= 15 is 0 Å². The Kier molecular flexibility index (Phi) is 5.05. The van der Waals surface area contributed by atoms with Gasteiger partial charge in [-0.3, -0.25) is 0 Å². The number of aliphatic hydroxyl groups is 1. The van der Waals surface area contributed by atoms with Crippen LogP contribution in [0.15, 0.2) is 30.5 Å². The molecular weight excluding hydrogens is 313 g/mol. The van der Waals surface area contributed by atoms with E-state index < -0.39 is 11.2 Å². The summed E-state index contributed by atoms with van der Waals surface area (Å²) in [6, 6.07) is 8.45. The van der Waals surface area contributed by atoms with Crippen molar-refractivity contribution in [3.8, 4) is 11.3 Å². The Bertz CT molecular complexity index is 698. The fourth-order valence-corrected chi connectivity index (χ4v) is 2.68. The third-order valence-electron chi connectivity index (χ3n) is 5.17. The molecular formula is C19H27BN3O2. The summed E-state index contributed by atoms with van der Waals surface area (Å²) in [6.45, 7) is 8.31. The zero-order valence-electron chi connectivity index (χ0n) is 15.5. The van der Waals surface area contributed by atoms with Gasteiger partial charge in [0.05, 0.1) is 29.1 Å². The van der Waals surface area contributed by atoms with Crippen LogP contribution in [0, 0.1) is 0 Å². The topological polar surface area (TPSA) is 70.2 Å². The van der Waals surface area contributed by atoms with Gasteiger partial charge in [0.25, 0.3) is 0 Å². The number of hydrogen-bond acceptors (Lipinski definition) is 4. The quantitative estimate of drug-likeness (QED) is 0.706. The Hall–Kier alpha value is -1.63. The molecule has 1 saturated heterocycles. The van der Waals surface area contributed by atoms with Gasteiger partial charge < -0.3 is 20.1 Å². The zero-order chi connectivity index (χ0) is 18.1. The molecule has 0 amide bonds. The van der Waals surface area contributed by atoms with E-state index in [0.29, 0.717) is 6.04 Å². The van der Waals surface area contributed by atoms with Crippen LogP contribution in [0.5, 0.6) is 0 Å². The number of H-pyrrole nitrogens is 1. The van der Waals surface area contributed by atoms with Crippen LogP contribution in [0.25, 0.3) is 11.3 Å². The largest absolute Gasteiger partial charge is 0.427 e. The Labute approximate surface area is 150 Å². The van der Waals surface area contributed by atoms with E-state index in [-0.39, 0.29) is 0 Å². The maximum absolute atomic E-state index is 10.1. The second-order valence-electron chi connectivity index (χ2n) is 7.76. The predicted octanol–water partition coefficient (Wildman–Crippen LogP) is 2.31. The molecule has 5 nitrogen and oxygen atoms in total. The number of benzene rings is 1. The molecule has 3 N–H and O–H groups in total. The summed E-state index contributed by atoms with van der Waals surface area (Å²) < 4.78 is 5.79. The number of aromatic nitrogens is 2. The van der Waals surface area contributed by atoms with Gasteiger partial charge in [0.2, 0.25) is 0 Å². The molecule has 6 heteroatoms. The smallest absolute Gasteiger partial charge is 0.330 e. The summed E-state index contributed by atoms with van der Waals surface area (Å²) in [5, 5.41) is 13.6. The predicted molar refractivity (Wildman–Crippen MR) is 101 cm³/mol. The lowest BCUT2D eigenvalue weighted by molar-refractivity contribution is -0.0893. The minimum Gasteiger partial charge on any atom is -0.427 e. The summed E-state index contributed by atoms with van der Waals surface area (Å²) >= 11 is 0. The summed E-state index contributed by atoms with van der Waals surface area (Å²) in [5.74, 6) is 1.01. The number of aromatic amines is 1. The molecule has 1 aliphatic heterocycles. The lowest BCUT2D eigenvalue weighted by Crippen LogP contribution is -2.49. The van der Waals surface area contributed by atoms with Gasteiger partial charge in [0.15, 0.2) is 0 Å². The van der Waals surface area contributed by atoms with Crippen LogP contribution in [0.4, 0.5) is 0 Å². The highest BCUT2D eigenvalue weighted by molar-refractivity contribution is 6.47. The van der Waals surface area contributed by atoms with Crippen molar-refractivity contribution in [2.75, 3.05) is 6.54 Å². The molecule has 1 fully saturated rings. The number of rotatable bonds is 6. The van der Waals surface area contributed by atoms with Crippen LogP contribution in [0.2, 0.25) is 0 Å². The highest BCUT2D eigenvalue weighted by Crippen LogP contribution is 2.25. The maximum atomic E-state index is 10.1. The van der Waals surface area contributed by atoms with Crippen molar-refractivity contribution in [2.45, 2.75) is 57.8 Å². The minimum atomic E-state index is -0.927. The standard InChI is InChI=1S/C19H27BN3O2/c1-18(2,24)19(3,4)25-20-14-9-7-13(8-10-14)16-12-22-17(23-16)15-6-5-11-21-15/h7-10,12,15,21,24H,5-6,11H2,1-4H3,(H,22,23). The second-order valence-corrected chi connectivity index (χ2v) is 7.76. The molecule has 1 radical (unpaired) electrons. The molecule has 3 rings (SSSR count). The minimum absolute atomic E-state index is 0.346. The first-order chi connectivity index (χ1) is 11.8. The third kappa shape index (κ3) is 4.14. The molecule has 1 aliphatic rings. The molecule has 2 aromatic rings. The number of nitrogens with zero attached hydrogens (tertiary/aromatic N) is 1. The van der Waals surface area contributed by atoms with Crippen molar-refractivity contribution >= 4 is 12.9 Å². The lowest BCUT2D eigenvalue weighted by Gasteiger charge is -2.37. The van der Waals surface area contributed by atoms with Gasteiger partial charge in [-0.05, 0) is 52.6 Å². The average molecular weight is 340 g/mol. The molecule has 1 atom stereocenters. The van der Waals surface area contributed by atoms with Crippen LogP contribution in [-0.2, 0) is 4.65 Å². The van der Waals surface area contributed by atoms with Crippen molar-refractivity contribution in [3.63, 3.8) is 0 Å². The van der Waals surface area contributed by atoms with E-state index in [1.54, 1.807) is 21.3 Å². The van der Waals surface area contributed by atoms with E-state index in [4.69, 9.17) is 4.65 Å². The average Bonchev–Trinajstić information content (AvgIpc) is 3.23. The molecule has 1 aromatic heterocycles. The van der Waals surface area contributed by atoms with Gasteiger partial charge in [-0.1, -0.05) is 29.7 Å². The first-order valence-corrected chi connectivity index (χ1v) is 8.88. The third-order valence-corrected chi connectivity index (χ3v) is 5.17. The number of imidazole rings is 1. The molecule has 0 aliphatic carbocycles. The monoisotopic (exact) mass is 340 g/mol. The van der Waals surface area contributed by atoms with E-state index in [9.17, 15) is 5.11 Å². The Morgan fingerprint density at radius 3 is 2.52 bits per heavy atom. The molecule has 0 bridgehead atoms. The summed E-state index contributed by atoms with van der Waals surface area (Å²) in [5.41, 5.74) is 1.48. The molecule has 0 spiro atoms. The van der Waals surface area contributed by atoms with Gasteiger partial charge in [0, 0.05) is 0 Å². The molecule has 1 aromatic carbocycles. The van der Waals surface area contributed by atoms with Crippen LogP contribution in [0.3, 0.4) is 0 Å². The van der Waals surface area contributed by atoms with Gasteiger partial charge in [0.1, 0.15) is 5.82 Å². The van der Waals surface area contributed by atoms with E-state index in [1.165, 1.54) is 6.42 Å². The van der Waals surface area contributed by atoms with Crippen molar-refractivity contribution in [1.29, 1.82) is 0 Å². The van der Waals surface area contributed by atoms with Gasteiger partial charge in [-0.2, -0.15) is 0 Å². The van der Waals surface area contributed by atoms with E-state index in [2.05, 4.69) is 15.3 Å². The van der Waals surface area contributed by atoms with E-state index in [0.717, 1.165) is 35.5 Å². The Morgan fingerprint density at radius 1 is 1.20 bits per heavy atom. The van der Waals surface area contributed by atoms with Gasteiger partial charge >= 0.3 is 7.48 Å². The summed E-state index contributed by atoms with van der Waals surface area (Å²) in [4.78, 5) is 7.93. The van der Waals surface area contributed by atoms with Crippen LogP contribution >= 0.6 is 0 Å². The number of nitrogens with one attached hydrogen (secondary N) is 2. The normalized spacial score (nSPS) is 18.5. The first-order valence-electron chi connectivity index (χ1n) is 8.88. The van der Waals surface area contributed by atoms with E-state index in [1.807, 2.05) is 44.3 Å². The fraction of sp³-hybridized carbons (Fsp3) is 0.526. The van der Waals surface area contributed by atoms with Crippen LogP contribution < -0.4 is 10.8 Å². The molecule has 2 heterocycles. The summed E-state index contributed by atoms with van der Waals surface area (Å²) in [6.07, 6.45) is 4.23. The van der Waals surface area contributed by atoms with Crippen molar-refractivity contribution in [1.82, 2.24) is 15.3 Å². The SMILES string of the molecule is CC(C)(O)C(C)(C)O[B]c1ccc(-c2cnc(C3CCCN3)[nH]2)cc1. The van der Waals surface area contributed by atoms with Crippen molar-refractivity contribution in [2.24, 2.45) is 0 Å². The zero-order valence-corrected chi connectivity index (χ0v) is 15.5. The first kappa shape index (κ1) is 18.2. The Morgan fingerprint density at radius 2 is 1.92 bits per heavy atom. The van der Waals surface area contributed by atoms with Crippen LogP contribution in [-0.4, -0.2) is 40.3 Å². The maximum Gasteiger partial charge on any atom is 0.330 e. The van der Waals surface area contributed by atoms with Crippen molar-refractivity contribution < 1.29 is 9.76 Å². The lowest BCUT2D eigenvalue weighted by atomic mass is 9.82. The highest BCUT2D eigenvalue weighted by atomic mass is 16.5. The fourth-order valence-electron chi connectivity index (χ4n) is 2.68. The van der Waals surface area contributed by atoms with Gasteiger partial charge in [-0.15, -0.1) is 0 Å². The van der Waals surface area contributed by atoms with Crippen LogP contribution in [0.1, 0.15) is 52.4 Å². The molecule has 25 heavy (non-hydrogen) atoms. The Balaban J connectivity index is 1.64. The van der Waals surface area contributed by atoms with Gasteiger partial charge in [-0.25, -0.2) is 4.98 Å². The molecule has 0 saturated carbocycles. The summed E-state index contributed by atoms with van der Waals surface area (Å²) in [7, 11) is 1.70. The van der Waals surface area contributed by atoms with Crippen molar-refractivity contribution in [3.05, 3.63) is 36.3 Å². The second kappa shape index (κ2) is 6.94. The highest BCUT2D eigenvalue weighted by Gasteiger charge is 2.35. The number of hydrogen-bond donors (Lipinski definition) is 3. The molecule has 1 unspecified atom stereocenters.